The number of sulfonamides is 1. The topological polar surface area (TPSA) is 205 Å². The first-order valence-corrected chi connectivity index (χ1v) is 27.5. The number of nitrogens with zero attached hydrogens (tertiary/aromatic N) is 6. The number of carbonyl (C=O) groups is 1. The fraction of sp³-hybridized carbons (Fsp3) is 0.490. The van der Waals surface area contributed by atoms with Crippen molar-refractivity contribution >= 4 is 53.9 Å². The number of rotatable bonds is 14. The first-order valence-electron chi connectivity index (χ1n) is 23.7. The van der Waals surface area contributed by atoms with Gasteiger partial charge in [0.05, 0.1) is 28.9 Å². The molecule has 2 aromatic carbocycles. The first kappa shape index (κ1) is 45.2. The molecule has 5 heterocycles. The van der Waals surface area contributed by atoms with Gasteiger partial charge in [0, 0.05) is 83.4 Å². The van der Waals surface area contributed by atoms with E-state index in [0.29, 0.717) is 35.4 Å². The maximum Gasteiger partial charge on any atom is 0.312 e. The quantitative estimate of drug-likeness (QED) is 0.0705. The summed E-state index contributed by atoms with van der Waals surface area (Å²) in [6.45, 7) is 3.23. The zero-order valence-corrected chi connectivity index (χ0v) is 39.7. The molecule has 5 aromatic rings. The number of piperidine rings is 1. The zero-order valence-electron chi connectivity index (χ0n) is 38.1. The smallest absolute Gasteiger partial charge is 0.312 e. The third-order valence-corrected chi connectivity index (χ3v) is 16.9. The summed E-state index contributed by atoms with van der Waals surface area (Å²) >= 11 is 0. The number of anilines is 2. The molecule has 0 radical (unpaired) electrons. The summed E-state index contributed by atoms with van der Waals surface area (Å²) in [5.74, 6) is 0.379. The lowest BCUT2D eigenvalue weighted by molar-refractivity contribution is -0.384. The van der Waals surface area contributed by atoms with Gasteiger partial charge in [-0.25, -0.2) is 27.5 Å². The number of nitrogens with one attached hydrogen (secondary N) is 3. The van der Waals surface area contributed by atoms with Crippen LogP contribution in [-0.4, -0.2) is 94.1 Å². The average molecular weight is 950 g/mol. The van der Waals surface area contributed by atoms with Crippen LogP contribution in [0, 0.1) is 21.4 Å². The van der Waals surface area contributed by atoms with Crippen molar-refractivity contribution in [2.75, 3.05) is 48.9 Å². The molecule has 16 nitrogen and oxygen atoms in total. The predicted molar refractivity (Wildman–Crippen MR) is 259 cm³/mol. The van der Waals surface area contributed by atoms with Crippen LogP contribution < -0.4 is 19.7 Å². The number of aromatic amines is 1. The highest BCUT2D eigenvalue weighted by molar-refractivity contribution is 7.92. The Morgan fingerprint density at radius 3 is 2.42 bits per heavy atom. The van der Waals surface area contributed by atoms with E-state index in [2.05, 4.69) is 63.4 Å². The van der Waals surface area contributed by atoms with E-state index in [4.69, 9.17) is 4.74 Å². The Kier molecular flexibility index (Phi) is 12.2. The third-order valence-electron chi connectivity index (χ3n) is 14.8. The molecule has 3 aliphatic carbocycles. The van der Waals surface area contributed by atoms with Crippen LogP contribution in [0.25, 0.3) is 11.0 Å². The number of H-pyrrole nitrogens is 1. The van der Waals surface area contributed by atoms with Gasteiger partial charge < -0.3 is 19.9 Å². The van der Waals surface area contributed by atoms with Crippen LogP contribution in [0.1, 0.15) is 110 Å². The summed E-state index contributed by atoms with van der Waals surface area (Å²) in [6, 6.07) is 20.0. The molecule has 5 fully saturated rings. The maximum atomic E-state index is 14.0. The van der Waals surface area contributed by atoms with Crippen molar-refractivity contribution in [2.45, 2.75) is 106 Å². The van der Waals surface area contributed by atoms with Crippen molar-refractivity contribution in [3.8, 4) is 11.5 Å². The molecule has 3 N–H and O–H groups in total. The SMILES string of the molecule is CS(C)(=O)=NC1CCC(CNc2ncc(S(=O)(=O)NC(=O)c3ccc(N4CCC5(CC4)CC(N4CCC[C@H]4c4ccccc4C4CC4)C5)cc3Oc3cnc4[nH]ccc4c3)cc2[N+](=O)[O-])CC1. The van der Waals surface area contributed by atoms with Crippen molar-refractivity contribution in [1.29, 1.82) is 0 Å². The molecule has 2 saturated heterocycles. The normalized spacial score (nSPS) is 22.4. The molecule has 3 aromatic heterocycles. The molecule has 354 valence electrons. The minimum Gasteiger partial charge on any atom is -0.455 e. The summed E-state index contributed by atoms with van der Waals surface area (Å²) in [7, 11) is -6.84. The van der Waals surface area contributed by atoms with Crippen LogP contribution in [0.4, 0.5) is 17.2 Å². The van der Waals surface area contributed by atoms with Gasteiger partial charge in [-0.15, -0.1) is 0 Å². The minimum atomic E-state index is -4.64. The fourth-order valence-corrected chi connectivity index (χ4v) is 13.1. The Balaban J connectivity index is 0.819. The maximum absolute atomic E-state index is 14.0. The second-order valence-electron chi connectivity index (χ2n) is 19.8. The molecule has 0 unspecified atom stereocenters. The van der Waals surface area contributed by atoms with E-state index in [1.807, 2.05) is 12.1 Å². The van der Waals surface area contributed by atoms with Crippen LogP contribution in [0.15, 0.2) is 88.5 Å². The van der Waals surface area contributed by atoms with Gasteiger partial charge in [0.25, 0.3) is 15.9 Å². The van der Waals surface area contributed by atoms with E-state index in [9.17, 15) is 27.5 Å². The lowest BCUT2D eigenvalue weighted by Gasteiger charge is -2.56. The highest BCUT2D eigenvalue weighted by Gasteiger charge is 2.50. The van der Waals surface area contributed by atoms with Crippen molar-refractivity contribution in [2.24, 2.45) is 15.7 Å². The lowest BCUT2D eigenvalue weighted by atomic mass is 9.59. The highest BCUT2D eigenvalue weighted by atomic mass is 32.2. The van der Waals surface area contributed by atoms with Crippen LogP contribution in [0.2, 0.25) is 0 Å². The van der Waals surface area contributed by atoms with Gasteiger partial charge in [0.15, 0.2) is 0 Å². The van der Waals surface area contributed by atoms with Crippen LogP contribution in [0.5, 0.6) is 11.5 Å². The number of fused-ring (bicyclic) bond motifs is 1. The predicted octanol–water partition coefficient (Wildman–Crippen LogP) is 8.94. The van der Waals surface area contributed by atoms with Crippen molar-refractivity contribution in [3.05, 3.63) is 106 Å². The Morgan fingerprint density at radius 2 is 1.69 bits per heavy atom. The average Bonchev–Trinajstić information content (AvgIpc) is 3.84. The van der Waals surface area contributed by atoms with Crippen LogP contribution >= 0.6 is 0 Å². The second-order valence-corrected chi connectivity index (χ2v) is 24.0. The van der Waals surface area contributed by atoms with Gasteiger partial charge >= 0.3 is 5.69 Å². The molecular weight excluding hydrogens is 891 g/mol. The molecule has 10 rings (SSSR count). The van der Waals surface area contributed by atoms with Crippen LogP contribution in [-0.2, 0) is 19.8 Å². The van der Waals surface area contributed by atoms with E-state index in [1.54, 1.807) is 48.0 Å². The number of amides is 1. The molecule has 1 amide bonds. The van der Waals surface area contributed by atoms with Gasteiger partial charge in [0.1, 0.15) is 22.0 Å². The fourth-order valence-electron chi connectivity index (χ4n) is 11.2. The summed E-state index contributed by atoms with van der Waals surface area (Å²) in [6.07, 6.45) is 20.3. The second kappa shape index (κ2) is 18.1. The Morgan fingerprint density at radius 1 is 0.925 bits per heavy atom. The number of likely N-dealkylation sites (tertiary alicyclic amines) is 1. The van der Waals surface area contributed by atoms with Gasteiger partial charge in [-0.05, 0) is 136 Å². The number of ether oxygens (including phenoxy) is 1. The summed E-state index contributed by atoms with van der Waals surface area (Å²) < 4.78 is 52.6. The molecule has 2 aliphatic heterocycles. The summed E-state index contributed by atoms with van der Waals surface area (Å²) in [5, 5.41) is 16.0. The molecule has 67 heavy (non-hydrogen) atoms. The largest absolute Gasteiger partial charge is 0.455 e. The Bertz CT molecular complexity index is 2920. The third kappa shape index (κ3) is 9.88. The van der Waals surface area contributed by atoms with E-state index in [1.165, 1.54) is 51.3 Å². The minimum absolute atomic E-state index is 0.0229. The monoisotopic (exact) mass is 949 g/mol. The van der Waals surface area contributed by atoms with Crippen LogP contribution in [0.3, 0.4) is 0 Å². The number of hydrogen-bond acceptors (Lipinski definition) is 13. The number of benzene rings is 2. The lowest BCUT2D eigenvalue weighted by Crippen LogP contribution is -2.54. The Hall–Kier alpha value is -5.59. The standard InChI is InChI=1S/C49H59N9O7S2/c1-66(2,62)54-35-13-9-32(10-14-35)29-51-47-44(58(60)61)26-39(31-53-47)67(63,64)55-48(59)42-16-15-36(25-45(42)65-38-24-34-17-20-50-46(34)52-30-38)56-22-18-49(19-23-56)27-37(28-49)57-21-5-8-43(57)41-7-4-3-6-40(41)33-11-12-33/h3-4,6-7,15-17,20,24-26,30-33,35,37,43H,5,8-14,18-19,21-23,27-29H2,1-2H3,(H,50,52)(H,51,53)(H,55,59)/t32?,35?,43-/m0/s1. The molecular formula is C49H59N9O7S2. The van der Waals surface area contributed by atoms with Gasteiger partial charge in [-0.2, -0.15) is 0 Å². The molecule has 3 saturated carbocycles. The Labute approximate surface area is 392 Å². The van der Waals surface area contributed by atoms with Gasteiger partial charge in [-0.3, -0.25) is 24.0 Å². The zero-order chi connectivity index (χ0) is 46.5. The number of nitro groups is 1. The van der Waals surface area contributed by atoms with Crippen molar-refractivity contribution < 1.29 is 27.1 Å². The molecule has 1 atom stereocenters. The number of hydrogen-bond donors (Lipinski definition) is 3. The molecule has 5 aliphatic rings. The van der Waals surface area contributed by atoms with Gasteiger partial charge in [0.2, 0.25) is 5.82 Å². The van der Waals surface area contributed by atoms with Gasteiger partial charge in [-0.1, -0.05) is 24.3 Å². The van der Waals surface area contributed by atoms with E-state index in [-0.39, 0.29) is 29.1 Å². The van der Waals surface area contributed by atoms with Crippen molar-refractivity contribution in [3.63, 3.8) is 0 Å². The number of pyridine rings is 2. The van der Waals surface area contributed by atoms with E-state index >= 15 is 0 Å². The molecule has 0 bridgehead atoms. The molecule has 1 spiro atoms. The highest BCUT2D eigenvalue weighted by Crippen LogP contribution is 2.55. The van der Waals surface area contributed by atoms with Crippen molar-refractivity contribution in [1.82, 2.24) is 24.6 Å². The van der Waals surface area contributed by atoms with E-state index < -0.39 is 41.2 Å². The molecule has 18 heteroatoms. The number of carbonyl (C=O) groups excluding carboxylic acids is 1. The number of aromatic nitrogens is 3. The first-order chi connectivity index (χ1) is 32.2. The summed E-state index contributed by atoms with van der Waals surface area (Å²) in [4.78, 5) is 41.7. The van der Waals surface area contributed by atoms with E-state index in [0.717, 1.165) is 80.9 Å². The summed E-state index contributed by atoms with van der Waals surface area (Å²) in [5.41, 5.74) is 4.38.